The van der Waals surface area contributed by atoms with E-state index in [2.05, 4.69) is 24.1 Å². The fraction of sp³-hybridized carbons (Fsp3) is 0.435. The number of aryl methyl sites for hydroxylation is 2. The van der Waals surface area contributed by atoms with Crippen LogP contribution in [0, 0.1) is 12.8 Å². The molecule has 1 N–H and O–H groups in total. The summed E-state index contributed by atoms with van der Waals surface area (Å²) in [4.78, 5) is 30.5. The highest BCUT2D eigenvalue weighted by Gasteiger charge is 2.14. The number of hydrogen-bond acceptors (Lipinski definition) is 4. The van der Waals surface area contributed by atoms with Gasteiger partial charge in [-0.05, 0) is 38.2 Å². The Morgan fingerprint density at radius 3 is 2.59 bits per heavy atom. The highest BCUT2D eigenvalue weighted by atomic mass is 32.1. The average Bonchev–Trinajstić information content (AvgIpc) is 3.11. The van der Waals surface area contributed by atoms with Gasteiger partial charge >= 0.3 is 0 Å². The molecule has 1 amide bonds. The Morgan fingerprint density at radius 2 is 1.90 bits per heavy atom. The number of carbonyl (C=O) groups is 1. The lowest BCUT2D eigenvalue weighted by atomic mass is 10.0. The van der Waals surface area contributed by atoms with E-state index in [-0.39, 0.29) is 23.9 Å². The summed E-state index contributed by atoms with van der Waals surface area (Å²) in [6, 6.07) is 8.28. The number of nitrogens with zero attached hydrogens (tertiary/aromatic N) is 2. The van der Waals surface area contributed by atoms with E-state index in [0.29, 0.717) is 17.8 Å². The van der Waals surface area contributed by atoms with Gasteiger partial charge in [0.05, 0.1) is 11.7 Å². The van der Waals surface area contributed by atoms with Gasteiger partial charge in [-0.1, -0.05) is 43.7 Å². The maximum Gasteiger partial charge on any atom is 0.262 e. The summed E-state index contributed by atoms with van der Waals surface area (Å²) in [7, 11) is 0. The Bertz CT molecular complexity index is 1030. The van der Waals surface area contributed by atoms with Crippen molar-refractivity contribution in [1.82, 2.24) is 14.9 Å². The molecule has 0 aliphatic carbocycles. The maximum absolute atomic E-state index is 13.1. The first-order chi connectivity index (χ1) is 13.8. The molecular formula is C23H29N3O2S. The SMILES string of the molecule is Cc1ccc(-c2csc3ncn(CCC(=O)NC(C)CCC(C)C)c(=O)c23)cc1. The van der Waals surface area contributed by atoms with Crippen molar-refractivity contribution in [2.45, 2.75) is 59.5 Å². The molecule has 3 rings (SSSR count). The number of aromatic nitrogens is 2. The summed E-state index contributed by atoms with van der Waals surface area (Å²) in [5.41, 5.74) is 3.00. The van der Waals surface area contributed by atoms with Gasteiger partial charge < -0.3 is 5.32 Å². The van der Waals surface area contributed by atoms with Crippen LogP contribution in [0.4, 0.5) is 0 Å². The number of hydrogen-bond donors (Lipinski definition) is 1. The third-order valence-electron chi connectivity index (χ3n) is 5.09. The molecule has 6 heteroatoms. The second-order valence-corrected chi connectivity index (χ2v) is 8.99. The van der Waals surface area contributed by atoms with Gasteiger partial charge in [0.25, 0.3) is 5.56 Å². The summed E-state index contributed by atoms with van der Waals surface area (Å²) in [6.45, 7) is 8.75. The van der Waals surface area contributed by atoms with Crippen molar-refractivity contribution in [3.8, 4) is 11.1 Å². The molecule has 2 heterocycles. The Hall–Kier alpha value is -2.47. The molecule has 3 aromatic rings. The van der Waals surface area contributed by atoms with E-state index < -0.39 is 0 Å². The van der Waals surface area contributed by atoms with Crippen molar-refractivity contribution >= 4 is 27.5 Å². The van der Waals surface area contributed by atoms with Gasteiger partial charge in [0.1, 0.15) is 4.83 Å². The number of nitrogens with one attached hydrogen (secondary N) is 1. The van der Waals surface area contributed by atoms with Gasteiger partial charge in [-0.25, -0.2) is 4.98 Å². The van der Waals surface area contributed by atoms with Crippen molar-refractivity contribution in [2.75, 3.05) is 0 Å². The van der Waals surface area contributed by atoms with E-state index in [1.807, 2.05) is 43.5 Å². The Morgan fingerprint density at radius 1 is 1.17 bits per heavy atom. The molecule has 0 aliphatic rings. The van der Waals surface area contributed by atoms with Gasteiger partial charge in [0, 0.05) is 30.0 Å². The molecule has 1 aromatic carbocycles. The minimum atomic E-state index is -0.0903. The molecular weight excluding hydrogens is 382 g/mol. The average molecular weight is 412 g/mol. The predicted molar refractivity (Wildman–Crippen MR) is 120 cm³/mol. The predicted octanol–water partition coefficient (Wildman–Crippen LogP) is 4.76. The summed E-state index contributed by atoms with van der Waals surface area (Å²) in [6.07, 6.45) is 3.87. The van der Waals surface area contributed by atoms with Crippen LogP contribution >= 0.6 is 11.3 Å². The lowest BCUT2D eigenvalue weighted by Crippen LogP contribution is -2.34. The minimum Gasteiger partial charge on any atom is -0.354 e. The van der Waals surface area contributed by atoms with Crippen molar-refractivity contribution in [1.29, 1.82) is 0 Å². The number of carbonyl (C=O) groups excluding carboxylic acids is 1. The first-order valence-electron chi connectivity index (χ1n) is 10.2. The Labute approximate surface area is 175 Å². The van der Waals surface area contributed by atoms with Crippen molar-refractivity contribution in [3.63, 3.8) is 0 Å². The molecule has 0 saturated heterocycles. The zero-order valence-corrected chi connectivity index (χ0v) is 18.4. The lowest BCUT2D eigenvalue weighted by Gasteiger charge is -2.15. The van der Waals surface area contributed by atoms with Gasteiger partial charge in [-0.3, -0.25) is 14.2 Å². The van der Waals surface area contributed by atoms with Crippen LogP contribution in [0.15, 0.2) is 40.8 Å². The molecule has 154 valence electrons. The zero-order valence-electron chi connectivity index (χ0n) is 17.6. The molecule has 0 spiro atoms. The van der Waals surface area contributed by atoms with Crippen LogP contribution in [0.25, 0.3) is 21.3 Å². The molecule has 2 aromatic heterocycles. The summed E-state index contributed by atoms with van der Waals surface area (Å²) in [5.74, 6) is 0.594. The highest BCUT2D eigenvalue weighted by Crippen LogP contribution is 2.30. The van der Waals surface area contributed by atoms with Crippen molar-refractivity contribution in [2.24, 2.45) is 5.92 Å². The standard InChI is InChI=1S/C23H29N3O2S/c1-15(2)5-8-17(4)25-20(27)11-12-26-14-24-22-21(23(26)28)19(13-29-22)18-9-6-16(3)7-10-18/h6-7,9-10,13-15,17H,5,8,11-12H2,1-4H3,(H,25,27). The second kappa shape index (κ2) is 9.35. The topological polar surface area (TPSA) is 64.0 Å². The number of rotatable bonds is 8. The fourth-order valence-electron chi connectivity index (χ4n) is 3.30. The van der Waals surface area contributed by atoms with E-state index in [0.717, 1.165) is 28.8 Å². The molecule has 0 radical (unpaired) electrons. The normalized spacial score (nSPS) is 12.4. The van der Waals surface area contributed by atoms with Crippen LogP contribution in [-0.2, 0) is 11.3 Å². The van der Waals surface area contributed by atoms with Gasteiger partial charge in [-0.15, -0.1) is 11.3 Å². The molecule has 5 nitrogen and oxygen atoms in total. The Kier molecular flexibility index (Phi) is 6.85. The first-order valence-corrected chi connectivity index (χ1v) is 11.1. The molecule has 0 saturated carbocycles. The van der Waals surface area contributed by atoms with E-state index >= 15 is 0 Å². The quantitative estimate of drug-likeness (QED) is 0.581. The monoisotopic (exact) mass is 411 g/mol. The van der Waals surface area contributed by atoms with Crippen LogP contribution in [0.5, 0.6) is 0 Å². The van der Waals surface area contributed by atoms with Gasteiger partial charge in [-0.2, -0.15) is 0 Å². The van der Waals surface area contributed by atoms with E-state index in [4.69, 9.17) is 0 Å². The lowest BCUT2D eigenvalue weighted by molar-refractivity contribution is -0.122. The first kappa shape index (κ1) is 21.2. The number of thiophene rings is 1. The minimum absolute atomic E-state index is 0.0303. The number of fused-ring (bicyclic) bond motifs is 1. The summed E-state index contributed by atoms with van der Waals surface area (Å²) < 4.78 is 1.55. The largest absolute Gasteiger partial charge is 0.354 e. The van der Waals surface area contributed by atoms with Crippen LogP contribution < -0.4 is 10.9 Å². The molecule has 0 fully saturated rings. The smallest absolute Gasteiger partial charge is 0.262 e. The third-order valence-corrected chi connectivity index (χ3v) is 5.97. The van der Waals surface area contributed by atoms with Crippen LogP contribution in [0.1, 0.15) is 45.6 Å². The van der Waals surface area contributed by atoms with E-state index in [9.17, 15) is 9.59 Å². The summed E-state index contributed by atoms with van der Waals surface area (Å²) >= 11 is 1.47. The summed E-state index contributed by atoms with van der Waals surface area (Å²) in [5, 5.41) is 5.64. The van der Waals surface area contributed by atoms with Crippen LogP contribution in [0.3, 0.4) is 0 Å². The zero-order chi connectivity index (χ0) is 21.0. The molecule has 1 atom stereocenters. The van der Waals surface area contributed by atoms with E-state index in [1.54, 1.807) is 10.9 Å². The molecule has 29 heavy (non-hydrogen) atoms. The van der Waals surface area contributed by atoms with E-state index in [1.165, 1.54) is 16.9 Å². The Balaban J connectivity index is 1.73. The van der Waals surface area contributed by atoms with Gasteiger partial charge in [0.2, 0.25) is 5.91 Å². The fourth-order valence-corrected chi connectivity index (χ4v) is 4.20. The number of benzene rings is 1. The highest BCUT2D eigenvalue weighted by molar-refractivity contribution is 7.17. The van der Waals surface area contributed by atoms with Crippen molar-refractivity contribution in [3.05, 3.63) is 51.9 Å². The molecule has 0 bridgehead atoms. The molecule has 0 aliphatic heterocycles. The maximum atomic E-state index is 13.1. The molecule has 1 unspecified atom stereocenters. The van der Waals surface area contributed by atoms with Crippen LogP contribution in [0.2, 0.25) is 0 Å². The van der Waals surface area contributed by atoms with Crippen molar-refractivity contribution < 1.29 is 4.79 Å². The third kappa shape index (κ3) is 5.32. The number of amides is 1. The second-order valence-electron chi connectivity index (χ2n) is 8.13. The van der Waals surface area contributed by atoms with Crippen LogP contribution in [-0.4, -0.2) is 21.5 Å². The van der Waals surface area contributed by atoms with Gasteiger partial charge in [0.15, 0.2) is 0 Å².